The van der Waals surface area contributed by atoms with Crippen LogP contribution < -0.4 is 10.6 Å². The molecule has 1 unspecified atom stereocenters. The molecule has 1 saturated carbocycles. The Balaban J connectivity index is 1.66. The molecule has 1 saturated heterocycles. The molecule has 5 nitrogen and oxygen atoms in total. The van der Waals surface area contributed by atoms with E-state index in [2.05, 4.69) is 20.5 Å². The molecule has 6 heteroatoms. The summed E-state index contributed by atoms with van der Waals surface area (Å²) in [5, 5.41) is 6.00. The normalized spacial score (nSPS) is 22.3. The van der Waals surface area contributed by atoms with Gasteiger partial charge in [0.25, 0.3) is 5.91 Å². The van der Waals surface area contributed by atoms with E-state index in [1.54, 1.807) is 0 Å². The fraction of sp³-hybridized carbons (Fsp3) is 0.600. The molecule has 114 valence electrons. The molecule has 1 amide bonds. The second-order valence-electron chi connectivity index (χ2n) is 5.77. The number of carbonyl (C=O) groups excluding carboxylic acids is 1. The lowest BCUT2D eigenvalue weighted by atomic mass is 10.2. The van der Waals surface area contributed by atoms with Crippen molar-refractivity contribution in [3.63, 3.8) is 0 Å². The maximum Gasteiger partial charge on any atom is 0.255 e. The van der Waals surface area contributed by atoms with E-state index in [0.29, 0.717) is 12.4 Å². The lowest BCUT2D eigenvalue weighted by Gasteiger charge is -2.16. The van der Waals surface area contributed by atoms with Gasteiger partial charge in [-0.3, -0.25) is 9.69 Å². The maximum absolute atomic E-state index is 13.4. The largest absolute Gasteiger partial charge is 0.370 e. The molecule has 1 aromatic rings. The second-order valence-corrected chi connectivity index (χ2v) is 5.77. The number of hydrogen-bond donors (Lipinski definition) is 2. The van der Waals surface area contributed by atoms with Crippen molar-refractivity contribution in [3.05, 3.63) is 23.6 Å². The first-order valence-electron chi connectivity index (χ1n) is 7.61. The quantitative estimate of drug-likeness (QED) is 0.866. The Kier molecular flexibility index (Phi) is 4.05. The van der Waals surface area contributed by atoms with Gasteiger partial charge < -0.3 is 10.6 Å². The number of rotatable bonds is 5. The number of pyridine rings is 1. The summed E-state index contributed by atoms with van der Waals surface area (Å²) in [5.74, 6) is -0.304. The Morgan fingerprint density at radius 2 is 2.29 bits per heavy atom. The highest BCUT2D eigenvalue weighted by Crippen LogP contribution is 2.29. The summed E-state index contributed by atoms with van der Waals surface area (Å²) in [6.45, 7) is 4.49. The summed E-state index contributed by atoms with van der Waals surface area (Å²) < 4.78 is 13.4. The van der Waals surface area contributed by atoms with Gasteiger partial charge in [0.2, 0.25) is 0 Å². The topological polar surface area (TPSA) is 57.3 Å². The van der Waals surface area contributed by atoms with Gasteiger partial charge in [0.1, 0.15) is 11.6 Å². The van der Waals surface area contributed by atoms with E-state index < -0.39 is 5.82 Å². The Labute approximate surface area is 123 Å². The van der Waals surface area contributed by atoms with Crippen molar-refractivity contribution in [1.82, 2.24) is 15.2 Å². The van der Waals surface area contributed by atoms with Crippen molar-refractivity contribution in [1.29, 1.82) is 0 Å². The summed E-state index contributed by atoms with van der Waals surface area (Å²) in [6, 6.07) is 2.12. The van der Waals surface area contributed by atoms with E-state index in [9.17, 15) is 9.18 Å². The minimum Gasteiger partial charge on any atom is -0.370 e. The zero-order valence-electron chi connectivity index (χ0n) is 12.2. The molecule has 2 fully saturated rings. The van der Waals surface area contributed by atoms with Gasteiger partial charge in [-0.2, -0.15) is 0 Å². The molecule has 1 aliphatic heterocycles. The van der Waals surface area contributed by atoms with Gasteiger partial charge in [-0.1, -0.05) is 0 Å². The Bertz CT molecular complexity index is 532. The number of aromatic nitrogens is 1. The van der Waals surface area contributed by atoms with Crippen LogP contribution in [0.2, 0.25) is 0 Å². The van der Waals surface area contributed by atoms with Gasteiger partial charge in [-0.05, 0) is 32.3 Å². The van der Waals surface area contributed by atoms with Crippen molar-refractivity contribution in [2.24, 2.45) is 0 Å². The minimum absolute atomic E-state index is 0.149. The summed E-state index contributed by atoms with van der Waals surface area (Å²) >= 11 is 0. The lowest BCUT2D eigenvalue weighted by Crippen LogP contribution is -2.38. The molecule has 2 N–H and O–H groups in total. The summed E-state index contributed by atoms with van der Waals surface area (Å²) in [6.07, 6.45) is 4.64. The predicted octanol–water partition coefficient (Wildman–Crippen LogP) is 1.62. The Morgan fingerprint density at radius 3 is 3.00 bits per heavy atom. The summed E-state index contributed by atoms with van der Waals surface area (Å²) in [5.41, 5.74) is 0.279. The standard InChI is InChI=1S/C15H21FN4O/c1-2-17-14-13(7-10(16)8-18-14)15(21)19-11-5-6-20(9-11)12-3-4-12/h7-8,11-12H,2-6,9H2,1H3,(H,17,18)(H,19,21). The van der Waals surface area contributed by atoms with Gasteiger partial charge in [0, 0.05) is 31.7 Å². The molecule has 21 heavy (non-hydrogen) atoms. The molecule has 0 radical (unpaired) electrons. The first-order chi connectivity index (χ1) is 10.2. The highest BCUT2D eigenvalue weighted by Gasteiger charge is 2.35. The molecule has 1 aliphatic carbocycles. The van der Waals surface area contributed by atoms with E-state index in [-0.39, 0.29) is 17.5 Å². The van der Waals surface area contributed by atoms with Gasteiger partial charge in [-0.15, -0.1) is 0 Å². The van der Waals surface area contributed by atoms with E-state index in [1.807, 2.05) is 6.92 Å². The second kappa shape index (κ2) is 5.97. The molecular weight excluding hydrogens is 271 g/mol. The molecule has 0 bridgehead atoms. The fourth-order valence-corrected chi connectivity index (χ4v) is 2.86. The molecule has 0 aromatic carbocycles. The first kappa shape index (κ1) is 14.3. The van der Waals surface area contributed by atoms with E-state index in [1.165, 1.54) is 18.9 Å². The van der Waals surface area contributed by atoms with Crippen molar-refractivity contribution in [3.8, 4) is 0 Å². The molecular formula is C15H21FN4O. The highest BCUT2D eigenvalue weighted by molar-refractivity contribution is 5.98. The van der Waals surface area contributed by atoms with E-state index in [4.69, 9.17) is 0 Å². The zero-order chi connectivity index (χ0) is 14.8. The van der Waals surface area contributed by atoms with Crippen LogP contribution in [0, 0.1) is 5.82 Å². The third kappa shape index (κ3) is 3.32. The smallest absolute Gasteiger partial charge is 0.255 e. The minimum atomic E-state index is -0.493. The summed E-state index contributed by atoms with van der Waals surface area (Å²) in [4.78, 5) is 18.8. The number of likely N-dealkylation sites (tertiary alicyclic amines) is 1. The number of carbonyl (C=O) groups is 1. The summed E-state index contributed by atoms with van der Waals surface area (Å²) in [7, 11) is 0. The molecule has 2 heterocycles. The van der Waals surface area contributed by atoms with Gasteiger partial charge in [-0.25, -0.2) is 9.37 Å². The number of amides is 1. The molecule has 1 aromatic heterocycles. The molecule has 3 rings (SSSR count). The van der Waals surface area contributed by atoms with Crippen LogP contribution in [0.15, 0.2) is 12.3 Å². The van der Waals surface area contributed by atoms with Gasteiger partial charge in [0.05, 0.1) is 11.8 Å². The number of nitrogens with one attached hydrogen (secondary N) is 2. The van der Waals surface area contributed by atoms with Crippen LogP contribution >= 0.6 is 0 Å². The van der Waals surface area contributed by atoms with Crippen LogP contribution in [0.4, 0.5) is 10.2 Å². The Morgan fingerprint density at radius 1 is 1.48 bits per heavy atom. The van der Waals surface area contributed by atoms with Crippen LogP contribution in [0.5, 0.6) is 0 Å². The molecule has 2 aliphatic rings. The van der Waals surface area contributed by atoms with Crippen LogP contribution in [-0.2, 0) is 0 Å². The monoisotopic (exact) mass is 292 g/mol. The lowest BCUT2D eigenvalue weighted by molar-refractivity contribution is 0.0937. The Hall–Kier alpha value is -1.69. The van der Waals surface area contributed by atoms with Crippen LogP contribution in [-0.4, -0.2) is 47.5 Å². The number of hydrogen-bond acceptors (Lipinski definition) is 4. The number of nitrogens with zero attached hydrogens (tertiary/aromatic N) is 2. The van der Waals surface area contributed by atoms with Crippen LogP contribution in [0.25, 0.3) is 0 Å². The number of halogens is 1. The van der Waals surface area contributed by atoms with Gasteiger partial charge in [0.15, 0.2) is 0 Å². The zero-order valence-corrected chi connectivity index (χ0v) is 12.2. The third-order valence-corrected chi connectivity index (χ3v) is 4.06. The first-order valence-corrected chi connectivity index (χ1v) is 7.61. The highest BCUT2D eigenvalue weighted by atomic mass is 19.1. The molecule has 0 spiro atoms. The van der Waals surface area contributed by atoms with Crippen molar-refractivity contribution < 1.29 is 9.18 Å². The molecule has 1 atom stereocenters. The van der Waals surface area contributed by atoms with Crippen LogP contribution in [0.1, 0.15) is 36.5 Å². The number of anilines is 1. The maximum atomic E-state index is 13.4. The van der Waals surface area contributed by atoms with E-state index in [0.717, 1.165) is 31.7 Å². The fourth-order valence-electron chi connectivity index (χ4n) is 2.86. The average Bonchev–Trinajstić information content (AvgIpc) is 3.22. The third-order valence-electron chi connectivity index (χ3n) is 4.06. The van der Waals surface area contributed by atoms with Crippen molar-refractivity contribution in [2.75, 3.05) is 25.0 Å². The van der Waals surface area contributed by atoms with Crippen LogP contribution in [0.3, 0.4) is 0 Å². The average molecular weight is 292 g/mol. The van der Waals surface area contributed by atoms with E-state index >= 15 is 0 Å². The van der Waals surface area contributed by atoms with Crippen molar-refractivity contribution in [2.45, 2.75) is 38.3 Å². The predicted molar refractivity (Wildman–Crippen MR) is 78.8 cm³/mol. The SMILES string of the molecule is CCNc1ncc(F)cc1C(=O)NC1CCN(C2CC2)C1. The van der Waals surface area contributed by atoms with Crippen molar-refractivity contribution >= 4 is 11.7 Å². The van der Waals surface area contributed by atoms with Gasteiger partial charge >= 0.3 is 0 Å².